The van der Waals surface area contributed by atoms with Gasteiger partial charge < -0.3 is 15.4 Å². The molecule has 1 heterocycles. The highest BCUT2D eigenvalue weighted by molar-refractivity contribution is 5.80. The minimum absolute atomic E-state index is 0.0189. The van der Waals surface area contributed by atoms with Gasteiger partial charge in [0.15, 0.2) is 0 Å². The minimum Gasteiger partial charge on any atom is -0.368 e. The molecule has 4 nitrogen and oxygen atoms in total. The second-order valence-corrected chi connectivity index (χ2v) is 4.68. The molecule has 0 radical (unpaired) electrons. The number of nitrogens with one attached hydrogen (secondary N) is 2. The summed E-state index contributed by atoms with van der Waals surface area (Å²) in [4.78, 5) is 11.9. The summed E-state index contributed by atoms with van der Waals surface area (Å²) in [6.45, 7) is 10.0. The van der Waals surface area contributed by atoms with Crippen LogP contribution in [0.1, 0.15) is 26.7 Å². The van der Waals surface area contributed by atoms with Gasteiger partial charge in [0.2, 0.25) is 5.91 Å². The van der Waals surface area contributed by atoms with E-state index in [2.05, 4.69) is 24.1 Å². The van der Waals surface area contributed by atoms with E-state index in [1.54, 1.807) is 13.0 Å². The van der Waals surface area contributed by atoms with Crippen LogP contribution in [0.15, 0.2) is 12.7 Å². The lowest BCUT2D eigenvalue weighted by atomic mass is 9.95. The highest BCUT2D eigenvalue weighted by Crippen LogP contribution is 2.11. The molecule has 0 aromatic carbocycles. The maximum absolute atomic E-state index is 11.9. The Morgan fingerprint density at radius 1 is 1.71 bits per heavy atom. The number of carbonyl (C=O) groups excluding carboxylic acids is 1. The zero-order valence-corrected chi connectivity index (χ0v) is 10.9. The molecule has 0 bridgehead atoms. The fourth-order valence-electron chi connectivity index (χ4n) is 1.89. The van der Waals surface area contributed by atoms with Crippen molar-refractivity contribution in [3.05, 3.63) is 12.7 Å². The molecule has 1 amide bonds. The predicted molar refractivity (Wildman–Crippen MR) is 68.8 cm³/mol. The first-order valence-electron chi connectivity index (χ1n) is 6.38. The molecule has 0 spiro atoms. The van der Waals surface area contributed by atoms with Crippen molar-refractivity contribution in [2.24, 2.45) is 5.92 Å². The molecule has 1 fully saturated rings. The van der Waals surface area contributed by atoms with Gasteiger partial charge in [-0.3, -0.25) is 4.79 Å². The van der Waals surface area contributed by atoms with Crippen LogP contribution in [0.5, 0.6) is 0 Å². The summed E-state index contributed by atoms with van der Waals surface area (Å²) in [5.41, 5.74) is 0. The molecular formula is C13H24N2O2. The van der Waals surface area contributed by atoms with Crippen molar-refractivity contribution < 1.29 is 9.53 Å². The fourth-order valence-corrected chi connectivity index (χ4v) is 1.89. The van der Waals surface area contributed by atoms with E-state index in [0.717, 1.165) is 25.9 Å². The van der Waals surface area contributed by atoms with Gasteiger partial charge in [-0.15, -0.1) is 6.58 Å². The highest BCUT2D eigenvalue weighted by Gasteiger charge is 2.24. The average molecular weight is 240 g/mol. The Bertz CT molecular complexity index is 256. The normalized spacial score (nSPS) is 26.2. The van der Waals surface area contributed by atoms with Crippen LogP contribution in [0.4, 0.5) is 0 Å². The van der Waals surface area contributed by atoms with Gasteiger partial charge in [-0.2, -0.15) is 0 Å². The lowest BCUT2D eigenvalue weighted by Gasteiger charge is -2.31. The van der Waals surface area contributed by atoms with Gasteiger partial charge in [-0.1, -0.05) is 13.0 Å². The number of rotatable bonds is 6. The Kier molecular flexibility index (Phi) is 6.22. The van der Waals surface area contributed by atoms with Crippen molar-refractivity contribution in [1.82, 2.24) is 10.6 Å². The van der Waals surface area contributed by atoms with Crippen molar-refractivity contribution in [1.29, 1.82) is 0 Å². The molecule has 98 valence electrons. The largest absolute Gasteiger partial charge is 0.368 e. The topological polar surface area (TPSA) is 50.4 Å². The summed E-state index contributed by atoms with van der Waals surface area (Å²) in [5, 5.41) is 6.34. The molecule has 1 rings (SSSR count). The first kappa shape index (κ1) is 14.2. The summed E-state index contributed by atoms with van der Waals surface area (Å²) in [7, 11) is 0. The van der Waals surface area contributed by atoms with Crippen LogP contribution in [0.3, 0.4) is 0 Å². The molecule has 4 heteroatoms. The van der Waals surface area contributed by atoms with Crippen molar-refractivity contribution >= 4 is 5.91 Å². The SMILES string of the molecule is C=CCCOC(C)C(=O)NC1CNCCC1C. The second-order valence-electron chi connectivity index (χ2n) is 4.68. The minimum atomic E-state index is -0.385. The number of hydrogen-bond acceptors (Lipinski definition) is 3. The molecule has 1 aliphatic heterocycles. The third-order valence-electron chi connectivity index (χ3n) is 3.21. The Balaban J connectivity index is 2.28. The lowest BCUT2D eigenvalue weighted by Crippen LogP contribution is -2.52. The van der Waals surface area contributed by atoms with E-state index in [1.807, 2.05) is 0 Å². The first-order chi connectivity index (χ1) is 8.15. The fraction of sp³-hybridized carbons (Fsp3) is 0.769. The van der Waals surface area contributed by atoms with Gasteiger partial charge in [0.05, 0.1) is 6.61 Å². The zero-order chi connectivity index (χ0) is 12.7. The van der Waals surface area contributed by atoms with Gasteiger partial charge in [-0.05, 0) is 32.2 Å². The van der Waals surface area contributed by atoms with Gasteiger partial charge in [0, 0.05) is 12.6 Å². The maximum Gasteiger partial charge on any atom is 0.249 e. The zero-order valence-electron chi connectivity index (χ0n) is 10.9. The molecule has 2 N–H and O–H groups in total. The van der Waals surface area contributed by atoms with Gasteiger partial charge in [-0.25, -0.2) is 0 Å². The highest BCUT2D eigenvalue weighted by atomic mass is 16.5. The number of piperidine rings is 1. The van der Waals surface area contributed by atoms with E-state index in [4.69, 9.17) is 4.74 Å². The van der Waals surface area contributed by atoms with Crippen molar-refractivity contribution in [3.8, 4) is 0 Å². The molecule has 0 aromatic rings. The lowest BCUT2D eigenvalue weighted by molar-refractivity contribution is -0.132. The van der Waals surface area contributed by atoms with E-state index >= 15 is 0 Å². The van der Waals surface area contributed by atoms with Crippen LogP contribution in [-0.4, -0.2) is 37.7 Å². The molecule has 3 atom stereocenters. The summed E-state index contributed by atoms with van der Waals surface area (Å²) in [6.07, 6.45) is 3.29. The quantitative estimate of drug-likeness (QED) is 0.539. The molecule has 3 unspecified atom stereocenters. The van der Waals surface area contributed by atoms with Crippen LogP contribution in [0, 0.1) is 5.92 Å². The molecule has 0 aliphatic carbocycles. The van der Waals surface area contributed by atoms with Crippen LogP contribution >= 0.6 is 0 Å². The molecule has 0 aromatic heterocycles. The van der Waals surface area contributed by atoms with Gasteiger partial charge in [0.25, 0.3) is 0 Å². The molecule has 0 saturated carbocycles. The van der Waals surface area contributed by atoms with E-state index < -0.39 is 0 Å². The Morgan fingerprint density at radius 3 is 3.12 bits per heavy atom. The van der Waals surface area contributed by atoms with Crippen LogP contribution in [-0.2, 0) is 9.53 Å². The number of hydrogen-bond donors (Lipinski definition) is 2. The van der Waals surface area contributed by atoms with Crippen molar-refractivity contribution in [3.63, 3.8) is 0 Å². The Labute approximate surface area is 104 Å². The van der Waals surface area contributed by atoms with Crippen LogP contribution in [0.25, 0.3) is 0 Å². The molecule has 1 aliphatic rings. The summed E-state index contributed by atoms with van der Waals surface area (Å²) < 4.78 is 5.42. The third-order valence-corrected chi connectivity index (χ3v) is 3.21. The third kappa shape index (κ3) is 4.88. The standard InChI is InChI=1S/C13H24N2O2/c1-4-5-8-17-11(3)13(16)15-12-9-14-7-6-10(12)2/h4,10-12,14H,1,5-9H2,2-3H3,(H,15,16). The van der Waals surface area contributed by atoms with E-state index in [-0.39, 0.29) is 18.1 Å². The van der Waals surface area contributed by atoms with E-state index in [9.17, 15) is 4.79 Å². The number of ether oxygens (including phenoxy) is 1. The van der Waals surface area contributed by atoms with Crippen molar-refractivity contribution in [2.45, 2.75) is 38.8 Å². The van der Waals surface area contributed by atoms with E-state index in [0.29, 0.717) is 12.5 Å². The smallest absolute Gasteiger partial charge is 0.249 e. The van der Waals surface area contributed by atoms with Crippen molar-refractivity contribution in [2.75, 3.05) is 19.7 Å². The average Bonchev–Trinajstić information content (AvgIpc) is 2.32. The molecule has 1 saturated heterocycles. The summed E-state index contributed by atoms with van der Waals surface area (Å²) >= 11 is 0. The Morgan fingerprint density at radius 2 is 2.47 bits per heavy atom. The summed E-state index contributed by atoms with van der Waals surface area (Å²) in [5.74, 6) is 0.509. The van der Waals surface area contributed by atoms with Gasteiger partial charge >= 0.3 is 0 Å². The van der Waals surface area contributed by atoms with Crippen LogP contribution < -0.4 is 10.6 Å². The van der Waals surface area contributed by atoms with E-state index in [1.165, 1.54) is 0 Å². The first-order valence-corrected chi connectivity index (χ1v) is 6.38. The Hall–Kier alpha value is -0.870. The second kappa shape index (κ2) is 7.45. The number of amides is 1. The van der Waals surface area contributed by atoms with Gasteiger partial charge in [0.1, 0.15) is 6.10 Å². The summed E-state index contributed by atoms with van der Waals surface area (Å²) in [6, 6.07) is 0.224. The maximum atomic E-state index is 11.9. The van der Waals surface area contributed by atoms with Crippen LogP contribution in [0.2, 0.25) is 0 Å². The monoisotopic (exact) mass is 240 g/mol. The predicted octanol–water partition coefficient (Wildman–Crippen LogP) is 1.08. The molecular weight excluding hydrogens is 216 g/mol. The molecule has 17 heavy (non-hydrogen) atoms. The number of carbonyl (C=O) groups is 1.